The SMILES string of the molecule is COC(N)=NCCCc1ccccc1. The predicted octanol–water partition coefficient (Wildman–Crippen LogP) is 1.58. The summed E-state index contributed by atoms with van der Waals surface area (Å²) >= 11 is 0. The zero-order valence-corrected chi connectivity index (χ0v) is 8.44. The van der Waals surface area contributed by atoms with Crippen molar-refractivity contribution in [1.29, 1.82) is 0 Å². The van der Waals surface area contributed by atoms with Gasteiger partial charge in [-0.25, -0.2) is 4.99 Å². The van der Waals surface area contributed by atoms with Gasteiger partial charge >= 0.3 is 0 Å². The lowest BCUT2D eigenvalue weighted by Crippen LogP contribution is -2.14. The first-order valence-corrected chi connectivity index (χ1v) is 4.71. The van der Waals surface area contributed by atoms with E-state index >= 15 is 0 Å². The molecule has 0 aliphatic rings. The van der Waals surface area contributed by atoms with Crippen LogP contribution in [-0.4, -0.2) is 19.7 Å². The van der Waals surface area contributed by atoms with E-state index in [0.717, 1.165) is 12.8 Å². The monoisotopic (exact) mass is 192 g/mol. The summed E-state index contributed by atoms with van der Waals surface area (Å²) in [6.45, 7) is 0.717. The van der Waals surface area contributed by atoms with Crippen LogP contribution in [0.15, 0.2) is 35.3 Å². The second-order valence-corrected chi connectivity index (χ2v) is 3.01. The maximum Gasteiger partial charge on any atom is 0.281 e. The largest absolute Gasteiger partial charge is 0.469 e. The number of methoxy groups -OCH3 is 1. The number of hydrogen-bond acceptors (Lipinski definition) is 2. The number of ether oxygens (including phenoxy) is 1. The molecule has 0 fully saturated rings. The molecule has 1 rings (SSSR count). The summed E-state index contributed by atoms with van der Waals surface area (Å²) in [7, 11) is 1.52. The van der Waals surface area contributed by atoms with E-state index in [4.69, 9.17) is 10.5 Å². The molecule has 0 heterocycles. The highest BCUT2D eigenvalue weighted by Crippen LogP contribution is 2.01. The van der Waals surface area contributed by atoms with Gasteiger partial charge in [-0.2, -0.15) is 0 Å². The van der Waals surface area contributed by atoms with Crippen LogP contribution in [0.4, 0.5) is 0 Å². The maximum atomic E-state index is 5.38. The Morgan fingerprint density at radius 1 is 1.36 bits per heavy atom. The Hall–Kier alpha value is -1.51. The highest BCUT2D eigenvalue weighted by Gasteiger charge is 1.91. The summed E-state index contributed by atoms with van der Waals surface area (Å²) in [5.41, 5.74) is 6.71. The van der Waals surface area contributed by atoms with Crippen molar-refractivity contribution in [1.82, 2.24) is 0 Å². The van der Waals surface area contributed by atoms with Crippen molar-refractivity contribution in [3.8, 4) is 0 Å². The molecule has 0 atom stereocenters. The fourth-order valence-corrected chi connectivity index (χ4v) is 1.18. The normalized spacial score (nSPS) is 11.4. The van der Waals surface area contributed by atoms with Crippen molar-refractivity contribution >= 4 is 6.02 Å². The molecule has 14 heavy (non-hydrogen) atoms. The second-order valence-electron chi connectivity index (χ2n) is 3.01. The van der Waals surface area contributed by atoms with Gasteiger partial charge in [0.15, 0.2) is 0 Å². The molecular weight excluding hydrogens is 176 g/mol. The average molecular weight is 192 g/mol. The number of aryl methyl sites for hydroxylation is 1. The Labute approximate surface area is 84.6 Å². The third-order valence-electron chi connectivity index (χ3n) is 1.94. The molecular formula is C11H16N2O. The molecule has 0 saturated heterocycles. The number of benzene rings is 1. The number of rotatable bonds is 4. The average Bonchev–Trinajstić information content (AvgIpc) is 2.25. The standard InChI is InChI=1S/C11H16N2O/c1-14-11(12)13-9-5-8-10-6-3-2-4-7-10/h2-4,6-7H,5,8-9H2,1H3,(H2,12,13). The van der Waals surface area contributed by atoms with E-state index < -0.39 is 0 Å². The lowest BCUT2D eigenvalue weighted by atomic mass is 10.1. The maximum absolute atomic E-state index is 5.38. The highest BCUT2D eigenvalue weighted by molar-refractivity contribution is 5.71. The van der Waals surface area contributed by atoms with Gasteiger partial charge in [0, 0.05) is 6.54 Å². The van der Waals surface area contributed by atoms with Gasteiger partial charge in [0.2, 0.25) is 0 Å². The van der Waals surface area contributed by atoms with Crippen LogP contribution in [0.5, 0.6) is 0 Å². The number of amidine groups is 1. The number of hydrogen-bond donors (Lipinski definition) is 1. The molecule has 76 valence electrons. The lowest BCUT2D eigenvalue weighted by molar-refractivity contribution is 0.394. The van der Waals surface area contributed by atoms with E-state index in [9.17, 15) is 0 Å². The zero-order chi connectivity index (χ0) is 10.2. The first kappa shape index (κ1) is 10.6. The molecule has 0 aromatic heterocycles. The molecule has 0 aliphatic carbocycles. The molecule has 0 aliphatic heterocycles. The van der Waals surface area contributed by atoms with Crippen LogP contribution in [0.2, 0.25) is 0 Å². The molecule has 0 radical (unpaired) electrons. The van der Waals surface area contributed by atoms with Crippen molar-refractivity contribution in [3.63, 3.8) is 0 Å². The number of nitrogens with zero attached hydrogens (tertiary/aromatic N) is 1. The van der Waals surface area contributed by atoms with E-state index in [1.807, 2.05) is 18.2 Å². The van der Waals surface area contributed by atoms with Crippen molar-refractivity contribution in [2.24, 2.45) is 10.7 Å². The minimum atomic E-state index is 0.262. The van der Waals surface area contributed by atoms with Gasteiger partial charge in [0.1, 0.15) is 0 Å². The van der Waals surface area contributed by atoms with Crippen LogP contribution in [-0.2, 0) is 11.2 Å². The van der Waals surface area contributed by atoms with Gasteiger partial charge in [-0.05, 0) is 18.4 Å². The van der Waals surface area contributed by atoms with Gasteiger partial charge in [-0.15, -0.1) is 0 Å². The molecule has 2 N–H and O–H groups in total. The Kier molecular flexibility index (Phi) is 4.55. The van der Waals surface area contributed by atoms with Gasteiger partial charge < -0.3 is 10.5 Å². The van der Waals surface area contributed by atoms with E-state index in [-0.39, 0.29) is 6.02 Å². The zero-order valence-electron chi connectivity index (χ0n) is 8.44. The third-order valence-corrected chi connectivity index (χ3v) is 1.94. The Balaban J connectivity index is 2.23. The van der Waals surface area contributed by atoms with E-state index in [0.29, 0.717) is 6.54 Å². The Bertz CT molecular complexity index is 283. The van der Waals surface area contributed by atoms with Crippen LogP contribution < -0.4 is 5.73 Å². The van der Waals surface area contributed by atoms with Gasteiger partial charge in [-0.1, -0.05) is 30.3 Å². The van der Waals surface area contributed by atoms with E-state index in [2.05, 4.69) is 17.1 Å². The first-order valence-electron chi connectivity index (χ1n) is 4.71. The topological polar surface area (TPSA) is 47.6 Å². The fourth-order valence-electron chi connectivity index (χ4n) is 1.18. The molecule has 0 bridgehead atoms. The van der Waals surface area contributed by atoms with Crippen LogP contribution in [0.3, 0.4) is 0 Å². The molecule has 0 saturated carbocycles. The minimum Gasteiger partial charge on any atom is -0.469 e. The molecule has 0 unspecified atom stereocenters. The quantitative estimate of drug-likeness (QED) is 0.447. The summed E-state index contributed by atoms with van der Waals surface area (Å²) in [5.74, 6) is 0. The van der Waals surface area contributed by atoms with Crippen molar-refractivity contribution in [2.75, 3.05) is 13.7 Å². The minimum absolute atomic E-state index is 0.262. The van der Waals surface area contributed by atoms with E-state index in [1.165, 1.54) is 12.7 Å². The van der Waals surface area contributed by atoms with Crippen molar-refractivity contribution in [2.45, 2.75) is 12.8 Å². The Morgan fingerprint density at radius 3 is 2.71 bits per heavy atom. The third kappa shape index (κ3) is 3.94. The summed E-state index contributed by atoms with van der Waals surface area (Å²) in [5, 5.41) is 0. The van der Waals surface area contributed by atoms with Crippen LogP contribution >= 0.6 is 0 Å². The Morgan fingerprint density at radius 2 is 2.07 bits per heavy atom. The van der Waals surface area contributed by atoms with Crippen LogP contribution in [0.25, 0.3) is 0 Å². The van der Waals surface area contributed by atoms with Crippen LogP contribution in [0, 0.1) is 0 Å². The number of aliphatic imine (C=N–C) groups is 1. The summed E-state index contributed by atoms with van der Waals surface area (Å²) < 4.78 is 4.73. The smallest absolute Gasteiger partial charge is 0.281 e. The molecule has 1 aromatic carbocycles. The summed E-state index contributed by atoms with van der Waals surface area (Å²) in [4.78, 5) is 4.03. The fraction of sp³-hybridized carbons (Fsp3) is 0.364. The second kappa shape index (κ2) is 6.02. The molecule has 1 aromatic rings. The van der Waals surface area contributed by atoms with Crippen LogP contribution in [0.1, 0.15) is 12.0 Å². The summed E-state index contributed by atoms with van der Waals surface area (Å²) in [6, 6.07) is 10.6. The summed E-state index contributed by atoms with van der Waals surface area (Å²) in [6.07, 6.45) is 2.02. The molecule has 3 heteroatoms. The first-order chi connectivity index (χ1) is 6.83. The van der Waals surface area contributed by atoms with Gasteiger partial charge in [-0.3, -0.25) is 0 Å². The molecule has 0 amide bonds. The van der Waals surface area contributed by atoms with Crippen molar-refractivity contribution in [3.05, 3.63) is 35.9 Å². The molecule has 0 spiro atoms. The number of nitrogens with two attached hydrogens (primary N) is 1. The van der Waals surface area contributed by atoms with Gasteiger partial charge in [0.25, 0.3) is 6.02 Å². The van der Waals surface area contributed by atoms with Crippen molar-refractivity contribution < 1.29 is 4.74 Å². The molecule has 3 nitrogen and oxygen atoms in total. The predicted molar refractivity (Wildman–Crippen MR) is 58.3 cm³/mol. The van der Waals surface area contributed by atoms with E-state index in [1.54, 1.807) is 0 Å². The highest BCUT2D eigenvalue weighted by atomic mass is 16.5. The van der Waals surface area contributed by atoms with Gasteiger partial charge in [0.05, 0.1) is 7.11 Å². The lowest BCUT2D eigenvalue weighted by Gasteiger charge is -1.99.